The van der Waals surface area contributed by atoms with Crippen LogP contribution in [0.1, 0.15) is 49.7 Å². The molecule has 6 nitrogen and oxygen atoms in total. The van der Waals surface area contributed by atoms with Crippen LogP contribution in [0.25, 0.3) is 0 Å². The average molecular weight is 426 g/mol. The van der Waals surface area contributed by atoms with Gasteiger partial charge < -0.3 is 10.1 Å². The first kappa shape index (κ1) is 22.8. The summed E-state index contributed by atoms with van der Waals surface area (Å²) in [5.41, 5.74) is -0.582. The van der Waals surface area contributed by atoms with E-state index < -0.39 is 39.1 Å². The molecule has 0 aliphatic carbocycles. The molecular weight excluding hydrogens is 402 g/mol. The SMILES string of the molecule is COc1ccc(C(=O)N[C@H](C)c2ccc(F)cc2F)cc1S(=O)(=O)NC(C)(C)C. The Morgan fingerprint density at radius 1 is 1.10 bits per heavy atom. The number of ether oxygens (including phenoxy) is 1. The zero-order chi connectivity index (χ0) is 22.0. The molecule has 0 aromatic heterocycles. The number of hydrogen-bond acceptors (Lipinski definition) is 4. The molecule has 2 aromatic rings. The van der Waals surface area contributed by atoms with Gasteiger partial charge in [-0.3, -0.25) is 4.79 Å². The van der Waals surface area contributed by atoms with Gasteiger partial charge in [-0.15, -0.1) is 0 Å². The Kier molecular flexibility index (Phi) is 6.64. The smallest absolute Gasteiger partial charge is 0.251 e. The monoisotopic (exact) mass is 426 g/mol. The predicted molar refractivity (Wildman–Crippen MR) is 105 cm³/mol. The summed E-state index contributed by atoms with van der Waals surface area (Å²) >= 11 is 0. The Morgan fingerprint density at radius 2 is 1.76 bits per heavy atom. The van der Waals surface area contributed by atoms with Crippen LogP contribution in [0.3, 0.4) is 0 Å². The first-order valence-electron chi connectivity index (χ1n) is 8.82. The summed E-state index contributed by atoms with van der Waals surface area (Å²) in [4.78, 5) is 12.4. The number of benzene rings is 2. The van der Waals surface area contributed by atoms with Crippen LogP contribution in [0.5, 0.6) is 5.75 Å². The first-order chi connectivity index (χ1) is 13.3. The summed E-state index contributed by atoms with van der Waals surface area (Å²) in [6.07, 6.45) is 0. The lowest BCUT2D eigenvalue weighted by Gasteiger charge is -2.21. The molecule has 0 radical (unpaired) electrons. The molecule has 9 heteroatoms. The highest BCUT2D eigenvalue weighted by atomic mass is 32.2. The zero-order valence-corrected chi connectivity index (χ0v) is 17.7. The van der Waals surface area contributed by atoms with E-state index in [1.807, 2.05) is 0 Å². The minimum absolute atomic E-state index is 0.0504. The Hall–Kier alpha value is -2.52. The van der Waals surface area contributed by atoms with Crippen LogP contribution in [0, 0.1) is 11.6 Å². The van der Waals surface area contributed by atoms with Gasteiger partial charge in [0.05, 0.1) is 13.2 Å². The number of amides is 1. The van der Waals surface area contributed by atoms with Gasteiger partial charge in [0, 0.05) is 22.7 Å². The summed E-state index contributed by atoms with van der Waals surface area (Å²) in [5.74, 6) is -2.04. The van der Waals surface area contributed by atoms with Gasteiger partial charge >= 0.3 is 0 Å². The summed E-state index contributed by atoms with van der Waals surface area (Å²) < 4.78 is 60.1. The van der Waals surface area contributed by atoms with Crippen molar-refractivity contribution in [1.29, 1.82) is 0 Å². The topological polar surface area (TPSA) is 84.5 Å². The lowest BCUT2D eigenvalue weighted by molar-refractivity contribution is 0.0939. The van der Waals surface area contributed by atoms with E-state index in [4.69, 9.17) is 4.74 Å². The highest BCUT2D eigenvalue weighted by molar-refractivity contribution is 7.89. The maximum absolute atomic E-state index is 13.9. The lowest BCUT2D eigenvalue weighted by Crippen LogP contribution is -2.40. The third-order valence-corrected chi connectivity index (χ3v) is 5.71. The second kappa shape index (κ2) is 8.46. The van der Waals surface area contributed by atoms with Crippen LogP contribution in [0.2, 0.25) is 0 Å². The van der Waals surface area contributed by atoms with E-state index in [1.165, 1.54) is 38.3 Å². The Balaban J connectivity index is 2.34. The number of methoxy groups -OCH3 is 1. The van der Waals surface area contributed by atoms with E-state index in [9.17, 15) is 22.0 Å². The molecule has 29 heavy (non-hydrogen) atoms. The van der Waals surface area contributed by atoms with Crippen molar-refractivity contribution in [2.75, 3.05) is 7.11 Å². The molecule has 0 heterocycles. The van der Waals surface area contributed by atoms with E-state index in [2.05, 4.69) is 10.0 Å². The second-order valence-electron chi connectivity index (χ2n) is 7.58. The van der Waals surface area contributed by atoms with Gasteiger partial charge in [-0.25, -0.2) is 21.9 Å². The quantitative estimate of drug-likeness (QED) is 0.740. The minimum atomic E-state index is -3.97. The molecule has 2 rings (SSSR count). The van der Waals surface area contributed by atoms with E-state index >= 15 is 0 Å². The van der Waals surface area contributed by atoms with Gasteiger partial charge in [-0.1, -0.05) is 6.07 Å². The van der Waals surface area contributed by atoms with Gasteiger partial charge in [0.1, 0.15) is 22.3 Å². The molecule has 0 unspecified atom stereocenters. The number of nitrogens with one attached hydrogen (secondary N) is 2. The maximum atomic E-state index is 13.9. The van der Waals surface area contributed by atoms with Crippen molar-refractivity contribution < 1.29 is 26.7 Å². The highest BCUT2D eigenvalue weighted by Gasteiger charge is 2.27. The Morgan fingerprint density at radius 3 is 2.31 bits per heavy atom. The maximum Gasteiger partial charge on any atom is 0.251 e. The lowest BCUT2D eigenvalue weighted by atomic mass is 10.1. The van der Waals surface area contributed by atoms with Crippen LogP contribution in [-0.2, 0) is 10.0 Å². The largest absolute Gasteiger partial charge is 0.495 e. The zero-order valence-electron chi connectivity index (χ0n) is 16.8. The molecule has 1 amide bonds. The molecule has 0 bridgehead atoms. The molecule has 158 valence electrons. The molecule has 1 atom stereocenters. The number of halogens is 2. The minimum Gasteiger partial charge on any atom is -0.495 e. The number of rotatable bonds is 6. The normalized spacial score (nSPS) is 13.1. The van der Waals surface area contributed by atoms with Crippen molar-refractivity contribution in [2.24, 2.45) is 0 Å². The van der Waals surface area contributed by atoms with E-state index in [0.29, 0.717) is 0 Å². The first-order valence-corrected chi connectivity index (χ1v) is 10.3. The molecule has 0 saturated heterocycles. The van der Waals surface area contributed by atoms with Crippen LogP contribution in [-0.4, -0.2) is 27.0 Å². The number of carbonyl (C=O) groups excluding carboxylic acids is 1. The molecule has 0 fully saturated rings. The van der Waals surface area contributed by atoms with Crippen molar-refractivity contribution in [3.8, 4) is 5.75 Å². The number of carbonyl (C=O) groups is 1. The van der Waals surface area contributed by atoms with Gasteiger partial charge in [-0.2, -0.15) is 0 Å². The molecule has 0 spiro atoms. The third kappa shape index (κ3) is 5.74. The third-order valence-electron chi connectivity index (χ3n) is 3.93. The van der Waals surface area contributed by atoms with Crippen LogP contribution >= 0.6 is 0 Å². The van der Waals surface area contributed by atoms with E-state index in [-0.39, 0.29) is 21.8 Å². The standard InChI is InChI=1S/C20H24F2N2O4S/c1-12(15-8-7-14(21)11-16(15)22)23-19(25)13-6-9-17(28-5)18(10-13)29(26,27)24-20(2,3)4/h6-12,24H,1-5H3,(H,23,25)/t12-/m1/s1. The number of sulfonamides is 1. The average Bonchev–Trinajstić information content (AvgIpc) is 2.58. The van der Waals surface area contributed by atoms with Gasteiger partial charge in [-0.05, 0) is 52.0 Å². The molecule has 2 N–H and O–H groups in total. The fraction of sp³-hybridized carbons (Fsp3) is 0.350. The fourth-order valence-corrected chi connectivity index (χ4v) is 4.31. The number of hydrogen-bond donors (Lipinski definition) is 2. The van der Waals surface area contributed by atoms with Crippen molar-refractivity contribution in [2.45, 2.75) is 44.2 Å². The summed E-state index contributed by atoms with van der Waals surface area (Å²) in [5, 5.41) is 2.58. The van der Waals surface area contributed by atoms with Crippen molar-refractivity contribution in [3.05, 3.63) is 59.2 Å². The Bertz CT molecular complexity index is 1020. The summed E-state index contributed by atoms with van der Waals surface area (Å²) in [7, 11) is -2.64. The van der Waals surface area contributed by atoms with Crippen LogP contribution < -0.4 is 14.8 Å². The second-order valence-corrected chi connectivity index (χ2v) is 9.23. The van der Waals surface area contributed by atoms with Gasteiger partial charge in [0.15, 0.2) is 0 Å². The van der Waals surface area contributed by atoms with E-state index in [1.54, 1.807) is 20.8 Å². The highest BCUT2D eigenvalue weighted by Crippen LogP contribution is 2.26. The van der Waals surface area contributed by atoms with Crippen LogP contribution in [0.4, 0.5) is 8.78 Å². The fourth-order valence-electron chi connectivity index (χ4n) is 2.70. The molecule has 0 aliphatic rings. The summed E-state index contributed by atoms with van der Waals surface area (Å²) in [6, 6.07) is 6.26. The van der Waals surface area contributed by atoms with E-state index in [0.717, 1.165) is 12.1 Å². The van der Waals surface area contributed by atoms with Crippen molar-refractivity contribution >= 4 is 15.9 Å². The Labute approximate surface area is 169 Å². The van der Waals surface area contributed by atoms with Crippen LogP contribution in [0.15, 0.2) is 41.3 Å². The molecule has 2 aromatic carbocycles. The molecule has 0 aliphatic heterocycles. The predicted octanol–water partition coefficient (Wildman–Crippen LogP) is 3.54. The van der Waals surface area contributed by atoms with Crippen molar-refractivity contribution in [3.63, 3.8) is 0 Å². The summed E-state index contributed by atoms with van der Waals surface area (Å²) in [6.45, 7) is 6.60. The molecule has 0 saturated carbocycles. The van der Waals surface area contributed by atoms with Gasteiger partial charge in [0.25, 0.3) is 5.91 Å². The molecular formula is C20H24F2N2O4S. The van der Waals surface area contributed by atoms with Gasteiger partial charge in [0.2, 0.25) is 10.0 Å². The van der Waals surface area contributed by atoms with Crippen molar-refractivity contribution in [1.82, 2.24) is 10.0 Å².